The summed E-state index contributed by atoms with van der Waals surface area (Å²) in [5.74, 6) is -0.0850. The Morgan fingerprint density at radius 3 is 2.87 bits per heavy atom. The molecule has 4 nitrogen and oxygen atoms in total. The van der Waals surface area contributed by atoms with Gasteiger partial charge in [0.05, 0.1) is 6.04 Å². The Kier molecular flexibility index (Phi) is 2.52. The van der Waals surface area contributed by atoms with Crippen LogP contribution in [0.15, 0.2) is 5.38 Å². The van der Waals surface area contributed by atoms with Crippen LogP contribution in [0, 0.1) is 0 Å². The highest BCUT2D eigenvalue weighted by atomic mass is 32.1. The normalized spacial score (nSPS) is 19.7. The number of amides is 1. The molecule has 82 valence electrons. The van der Waals surface area contributed by atoms with Crippen LogP contribution in [-0.4, -0.2) is 16.4 Å². The number of rotatable bonds is 3. The number of hydrogen-bond donors (Lipinski definition) is 2. The molecule has 0 radical (unpaired) electrons. The molecule has 1 saturated carbocycles. The number of nitrogens with one attached hydrogen (secondary N) is 1. The fourth-order valence-corrected chi connectivity index (χ4v) is 2.01. The van der Waals surface area contributed by atoms with Crippen molar-refractivity contribution in [3.05, 3.63) is 16.1 Å². The van der Waals surface area contributed by atoms with Gasteiger partial charge in [0.15, 0.2) is 0 Å². The van der Waals surface area contributed by atoms with Gasteiger partial charge in [-0.2, -0.15) is 0 Å². The van der Waals surface area contributed by atoms with Gasteiger partial charge in [0.1, 0.15) is 10.7 Å². The summed E-state index contributed by atoms with van der Waals surface area (Å²) in [6, 6.07) is -0.104. The fourth-order valence-electron chi connectivity index (χ4n) is 1.25. The maximum atomic E-state index is 11.7. The van der Waals surface area contributed by atoms with Crippen molar-refractivity contribution in [3.63, 3.8) is 0 Å². The second kappa shape index (κ2) is 3.57. The summed E-state index contributed by atoms with van der Waals surface area (Å²) in [6.07, 6.45) is 2.12. The molecule has 3 N–H and O–H groups in total. The molecule has 5 heteroatoms. The Hall–Kier alpha value is -0.940. The number of aromatic nitrogens is 1. The number of nitrogens with two attached hydrogens (primary N) is 1. The van der Waals surface area contributed by atoms with E-state index >= 15 is 0 Å². The van der Waals surface area contributed by atoms with Crippen molar-refractivity contribution in [2.75, 3.05) is 0 Å². The molecule has 0 aliphatic heterocycles. The second-order valence-electron chi connectivity index (χ2n) is 4.37. The van der Waals surface area contributed by atoms with Gasteiger partial charge in [0.2, 0.25) is 0 Å². The average Bonchev–Trinajstić information content (AvgIpc) is 2.70. The van der Waals surface area contributed by atoms with Crippen LogP contribution in [0.3, 0.4) is 0 Å². The summed E-state index contributed by atoms with van der Waals surface area (Å²) in [5, 5.41) is 5.53. The number of hydrogen-bond acceptors (Lipinski definition) is 4. The van der Waals surface area contributed by atoms with Crippen molar-refractivity contribution in [1.29, 1.82) is 0 Å². The van der Waals surface area contributed by atoms with Crippen LogP contribution >= 0.6 is 11.3 Å². The summed E-state index contributed by atoms with van der Waals surface area (Å²) in [5.41, 5.74) is 6.18. The SMILES string of the molecule is CC(N)c1nc(C(=O)NC2(C)CC2)cs1. The monoisotopic (exact) mass is 225 g/mol. The van der Waals surface area contributed by atoms with Crippen LogP contribution in [0.1, 0.15) is 48.2 Å². The third-order valence-corrected chi connectivity index (χ3v) is 3.61. The van der Waals surface area contributed by atoms with Crippen LogP contribution in [0.2, 0.25) is 0 Å². The van der Waals surface area contributed by atoms with E-state index < -0.39 is 0 Å². The molecule has 0 spiro atoms. The average molecular weight is 225 g/mol. The second-order valence-corrected chi connectivity index (χ2v) is 5.26. The maximum Gasteiger partial charge on any atom is 0.271 e. The van der Waals surface area contributed by atoms with E-state index in [1.165, 1.54) is 11.3 Å². The van der Waals surface area contributed by atoms with Gasteiger partial charge >= 0.3 is 0 Å². The van der Waals surface area contributed by atoms with Crippen molar-refractivity contribution in [2.45, 2.75) is 38.3 Å². The summed E-state index contributed by atoms with van der Waals surface area (Å²) in [7, 11) is 0. The molecule has 1 fully saturated rings. The molecule has 1 heterocycles. The first-order valence-electron chi connectivity index (χ1n) is 5.04. The molecule has 0 saturated heterocycles. The van der Waals surface area contributed by atoms with Crippen LogP contribution in [0.4, 0.5) is 0 Å². The zero-order valence-electron chi connectivity index (χ0n) is 8.91. The first-order valence-corrected chi connectivity index (χ1v) is 5.92. The van der Waals surface area contributed by atoms with Crippen LogP contribution in [0.25, 0.3) is 0 Å². The molecule has 1 aliphatic rings. The largest absolute Gasteiger partial charge is 0.346 e. The predicted octanol–water partition coefficient (Wildman–Crippen LogP) is 1.45. The zero-order chi connectivity index (χ0) is 11.1. The Morgan fingerprint density at radius 2 is 2.40 bits per heavy atom. The van der Waals surface area contributed by atoms with Crippen molar-refractivity contribution in [2.24, 2.45) is 5.73 Å². The smallest absolute Gasteiger partial charge is 0.271 e. The summed E-state index contributed by atoms with van der Waals surface area (Å²) in [4.78, 5) is 15.9. The molecule has 15 heavy (non-hydrogen) atoms. The predicted molar refractivity (Wildman–Crippen MR) is 59.8 cm³/mol. The summed E-state index contributed by atoms with van der Waals surface area (Å²) >= 11 is 1.44. The number of thiazole rings is 1. The first-order chi connectivity index (χ1) is 7.00. The molecule has 2 rings (SSSR count). The van der Waals surface area contributed by atoms with E-state index in [9.17, 15) is 4.79 Å². The molecular weight excluding hydrogens is 210 g/mol. The first kappa shape index (κ1) is 10.6. The van der Waals surface area contributed by atoms with E-state index in [2.05, 4.69) is 10.3 Å². The molecule has 1 unspecified atom stereocenters. The highest BCUT2D eigenvalue weighted by molar-refractivity contribution is 7.09. The molecule has 0 bridgehead atoms. The van der Waals surface area contributed by atoms with Gasteiger partial charge in [-0.3, -0.25) is 4.79 Å². The van der Waals surface area contributed by atoms with Crippen molar-refractivity contribution >= 4 is 17.2 Å². The van der Waals surface area contributed by atoms with E-state index in [4.69, 9.17) is 5.73 Å². The van der Waals surface area contributed by atoms with Crippen LogP contribution < -0.4 is 11.1 Å². The zero-order valence-corrected chi connectivity index (χ0v) is 9.73. The molecule has 1 aromatic rings. The van der Waals surface area contributed by atoms with Gasteiger partial charge in [0, 0.05) is 10.9 Å². The topological polar surface area (TPSA) is 68.0 Å². The van der Waals surface area contributed by atoms with Crippen molar-refractivity contribution in [3.8, 4) is 0 Å². The minimum Gasteiger partial charge on any atom is -0.346 e. The van der Waals surface area contributed by atoms with Crippen LogP contribution in [0.5, 0.6) is 0 Å². The third kappa shape index (κ3) is 2.35. The molecular formula is C10H15N3OS. The van der Waals surface area contributed by atoms with Gasteiger partial charge in [-0.05, 0) is 26.7 Å². The van der Waals surface area contributed by atoms with E-state index in [0.717, 1.165) is 17.8 Å². The van der Waals surface area contributed by atoms with Crippen LogP contribution in [-0.2, 0) is 0 Å². The van der Waals surface area contributed by atoms with E-state index in [1.807, 2.05) is 13.8 Å². The van der Waals surface area contributed by atoms with Gasteiger partial charge in [-0.1, -0.05) is 0 Å². The van der Waals surface area contributed by atoms with E-state index in [-0.39, 0.29) is 17.5 Å². The minimum atomic E-state index is -0.104. The van der Waals surface area contributed by atoms with Crippen molar-refractivity contribution < 1.29 is 4.79 Å². The maximum absolute atomic E-state index is 11.7. The lowest BCUT2D eigenvalue weighted by Crippen LogP contribution is -2.34. The number of carbonyl (C=O) groups excluding carboxylic acids is 1. The third-order valence-electron chi connectivity index (χ3n) is 2.56. The summed E-state index contributed by atoms with van der Waals surface area (Å²) < 4.78 is 0. The lowest BCUT2D eigenvalue weighted by molar-refractivity contribution is 0.0931. The van der Waals surface area contributed by atoms with Gasteiger partial charge in [-0.25, -0.2) is 4.98 Å². The Bertz CT molecular complexity index is 382. The Morgan fingerprint density at radius 1 is 1.73 bits per heavy atom. The van der Waals surface area contributed by atoms with Gasteiger partial charge in [0.25, 0.3) is 5.91 Å². The molecule has 1 aliphatic carbocycles. The molecule has 1 aromatic heterocycles. The standard InChI is InChI=1S/C10H15N3OS/c1-6(11)9-12-7(5-15-9)8(14)13-10(2)3-4-10/h5-6H,3-4,11H2,1-2H3,(H,13,14). The quantitative estimate of drug-likeness (QED) is 0.818. The Balaban J connectivity index is 2.05. The van der Waals surface area contributed by atoms with Gasteiger partial charge < -0.3 is 11.1 Å². The highest BCUT2D eigenvalue weighted by Gasteiger charge is 2.39. The minimum absolute atomic E-state index is 0.00912. The fraction of sp³-hybridized carbons (Fsp3) is 0.600. The Labute approximate surface area is 92.9 Å². The van der Waals surface area contributed by atoms with E-state index in [0.29, 0.717) is 5.69 Å². The number of nitrogens with zero attached hydrogens (tertiary/aromatic N) is 1. The van der Waals surface area contributed by atoms with Crippen molar-refractivity contribution in [1.82, 2.24) is 10.3 Å². The van der Waals surface area contributed by atoms with E-state index in [1.54, 1.807) is 5.38 Å². The lowest BCUT2D eigenvalue weighted by Gasteiger charge is -2.09. The molecule has 0 aromatic carbocycles. The van der Waals surface area contributed by atoms with Gasteiger partial charge in [-0.15, -0.1) is 11.3 Å². The lowest BCUT2D eigenvalue weighted by atomic mass is 10.3. The highest BCUT2D eigenvalue weighted by Crippen LogP contribution is 2.34. The molecule has 1 atom stereocenters. The number of carbonyl (C=O) groups is 1. The summed E-state index contributed by atoms with van der Waals surface area (Å²) in [6.45, 7) is 3.91. The molecule has 1 amide bonds.